The summed E-state index contributed by atoms with van der Waals surface area (Å²) in [7, 11) is 0. The number of ether oxygens (including phenoxy) is 1. The summed E-state index contributed by atoms with van der Waals surface area (Å²) < 4.78 is 6.17. The minimum absolute atomic E-state index is 0.347. The van der Waals surface area contributed by atoms with Gasteiger partial charge in [-0.25, -0.2) is 10.2 Å². The zero-order chi connectivity index (χ0) is 23.1. The Morgan fingerprint density at radius 3 is 2.06 bits per heavy atom. The highest BCUT2D eigenvalue weighted by Gasteiger charge is 2.13. The third-order valence-corrected chi connectivity index (χ3v) is 4.98. The highest BCUT2D eigenvalue weighted by Crippen LogP contribution is 2.17. The van der Waals surface area contributed by atoms with Gasteiger partial charge in [-0.05, 0) is 85.3 Å². The van der Waals surface area contributed by atoms with Crippen LogP contribution in [0.4, 0.5) is 5.69 Å². The van der Waals surface area contributed by atoms with E-state index in [0.717, 1.165) is 4.47 Å². The molecule has 9 heteroatoms. The Kier molecular flexibility index (Phi) is 7.75. The first kappa shape index (κ1) is 23.2. The zero-order valence-electron chi connectivity index (χ0n) is 16.8. The molecule has 2 amide bonds. The van der Waals surface area contributed by atoms with Gasteiger partial charge in [0.15, 0.2) is 0 Å². The van der Waals surface area contributed by atoms with Gasteiger partial charge in [0.25, 0.3) is 0 Å². The maximum absolute atomic E-state index is 12.2. The van der Waals surface area contributed by atoms with Crippen LogP contribution in [0.25, 0.3) is 0 Å². The second kappa shape index (κ2) is 10.7. The number of halogens is 2. The van der Waals surface area contributed by atoms with E-state index in [1.54, 1.807) is 79.7 Å². The number of rotatable bonds is 5. The lowest BCUT2D eigenvalue weighted by molar-refractivity contribution is -0.136. The van der Waals surface area contributed by atoms with Crippen molar-refractivity contribution in [2.45, 2.75) is 6.92 Å². The molecule has 0 bridgehead atoms. The topological polar surface area (TPSA) is 96.9 Å². The molecule has 162 valence electrons. The quantitative estimate of drug-likeness (QED) is 0.168. The molecule has 0 unspecified atom stereocenters. The van der Waals surface area contributed by atoms with Crippen LogP contribution in [0.3, 0.4) is 0 Å². The van der Waals surface area contributed by atoms with Gasteiger partial charge in [-0.15, -0.1) is 0 Å². The van der Waals surface area contributed by atoms with Crippen LogP contribution in [-0.4, -0.2) is 23.5 Å². The molecule has 0 saturated heterocycles. The molecular formula is C23H17BrClN3O4. The van der Waals surface area contributed by atoms with E-state index < -0.39 is 17.8 Å². The lowest BCUT2D eigenvalue weighted by atomic mass is 10.1. The number of hydrogen-bond donors (Lipinski definition) is 2. The molecule has 0 heterocycles. The van der Waals surface area contributed by atoms with Crippen molar-refractivity contribution in [3.63, 3.8) is 0 Å². The first-order valence-corrected chi connectivity index (χ1v) is 10.5. The van der Waals surface area contributed by atoms with Crippen LogP contribution in [0, 0.1) is 0 Å². The van der Waals surface area contributed by atoms with Crippen LogP contribution >= 0.6 is 27.5 Å². The summed E-state index contributed by atoms with van der Waals surface area (Å²) in [4.78, 5) is 36.1. The predicted octanol–water partition coefficient (Wildman–Crippen LogP) is 4.80. The number of carbonyl (C=O) groups is 3. The molecule has 0 fully saturated rings. The molecule has 0 radical (unpaired) electrons. The molecular weight excluding hydrogens is 498 g/mol. The van der Waals surface area contributed by atoms with Gasteiger partial charge >= 0.3 is 17.8 Å². The van der Waals surface area contributed by atoms with Crippen molar-refractivity contribution in [1.29, 1.82) is 0 Å². The number of nitrogens with one attached hydrogen (secondary N) is 2. The van der Waals surface area contributed by atoms with Gasteiger partial charge in [-0.1, -0.05) is 27.5 Å². The second-order valence-electron chi connectivity index (χ2n) is 6.52. The lowest BCUT2D eigenvalue weighted by Crippen LogP contribution is -2.32. The van der Waals surface area contributed by atoms with E-state index in [0.29, 0.717) is 33.3 Å². The number of hydrazone groups is 1. The molecule has 3 rings (SSSR count). The van der Waals surface area contributed by atoms with Gasteiger partial charge in [-0.3, -0.25) is 9.59 Å². The average molecular weight is 515 g/mol. The van der Waals surface area contributed by atoms with Crippen molar-refractivity contribution in [2.75, 3.05) is 5.32 Å². The smallest absolute Gasteiger partial charge is 0.343 e. The van der Waals surface area contributed by atoms with Gasteiger partial charge in [0.2, 0.25) is 0 Å². The molecule has 32 heavy (non-hydrogen) atoms. The molecule has 3 aromatic carbocycles. The molecule has 0 atom stereocenters. The zero-order valence-corrected chi connectivity index (χ0v) is 19.1. The number of esters is 1. The van der Waals surface area contributed by atoms with Crippen LogP contribution in [0.1, 0.15) is 22.8 Å². The second-order valence-corrected chi connectivity index (χ2v) is 7.87. The van der Waals surface area contributed by atoms with Crippen LogP contribution in [0.5, 0.6) is 5.75 Å². The minimum Gasteiger partial charge on any atom is -0.423 e. The fraction of sp³-hybridized carbons (Fsp3) is 0.0435. The van der Waals surface area contributed by atoms with E-state index in [1.807, 2.05) is 0 Å². The van der Waals surface area contributed by atoms with Crippen LogP contribution in [0.2, 0.25) is 5.02 Å². The number of nitrogens with zero attached hydrogens (tertiary/aromatic N) is 1. The number of benzene rings is 3. The van der Waals surface area contributed by atoms with Gasteiger partial charge in [0.1, 0.15) is 5.75 Å². The Morgan fingerprint density at radius 1 is 0.844 bits per heavy atom. The standard InChI is InChI=1S/C23H17BrClN3O4/c1-14(27-28-22(30)21(29)26-19-10-6-17(24)7-11-19)15-4-12-20(13-5-15)32-23(31)16-2-8-18(25)9-3-16/h2-13H,1H3,(H,26,29)(H,28,30)/b27-14+. The Morgan fingerprint density at radius 2 is 1.44 bits per heavy atom. The van der Waals surface area contributed by atoms with E-state index >= 15 is 0 Å². The first-order valence-electron chi connectivity index (χ1n) is 9.31. The monoisotopic (exact) mass is 513 g/mol. The molecule has 2 N–H and O–H groups in total. The summed E-state index contributed by atoms with van der Waals surface area (Å²) in [6, 6.07) is 19.7. The van der Waals surface area contributed by atoms with E-state index in [-0.39, 0.29) is 0 Å². The molecule has 7 nitrogen and oxygen atoms in total. The lowest BCUT2D eigenvalue weighted by Gasteiger charge is -2.07. The third-order valence-electron chi connectivity index (χ3n) is 4.20. The SMILES string of the molecule is C/C(=N\NC(=O)C(=O)Nc1ccc(Br)cc1)c1ccc(OC(=O)c2ccc(Cl)cc2)cc1. The van der Waals surface area contributed by atoms with E-state index in [4.69, 9.17) is 16.3 Å². The van der Waals surface area contributed by atoms with Crippen molar-refractivity contribution in [1.82, 2.24) is 5.43 Å². The Hall–Kier alpha value is -3.49. The number of anilines is 1. The number of amides is 2. The van der Waals surface area contributed by atoms with Crippen LogP contribution < -0.4 is 15.5 Å². The highest BCUT2D eigenvalue weighted by atomic mass is 79.9. The van der Waals surface area contributed by atoms with Gasteiger partial charge < -0.3 is 10.1 Å². The van der Waals surface area contributed by atoms with Crippen molar-refractivity contribution in [2.24, 2.45) is 5.10 Å². The Bertz CT molecular complexity index is 1160. The molecule has 0 aliphatic heterocycles. The maximum atomic E-state index is 12.2. The molecule has 0 spiro atoms. The minimum atomic E-state index is -0.902. The normalized spacial score (nSPS) is 10.9. The molecule has 0 aliphatic rings. The molecule has 0 saturated carbocycles. The van der Waals surface area contributed by atoms with Crippen molar-refractivity contribution >= 4 is 56.7 Å². The summed E-state index contributed by atoms with van der Waals surface area (Å²) >= 11 is 9.11. The van der Waals surface area contributed by atoms with Crippen LogP contribution in [0.15, 0.2) is 82.4 Å². The van der Waals surface area contributed by atoms with E-state index in [1.165, 1.54) is 0 Å². The summed E-state index contributed by atoms with van der Waals surface area (Å²) in [5.41, 5.74) is 4.21. The molecule has 0 aromatic heterocycles. The first-order chi connectivity index (χ1) is 15.3. The summed E-state index contributed by atoms with van der Waals surface area (Å²) in [5.74, 6) is -1.91. The number of hydrogen-bond acceptors (Lipinski definition) is 5. The largest absolute Gasteiger partial charge is 0.423 e. The fourth-order valence-corrected chi connectivity index (χ4v) is 2.88. The van der Waals surface area contributed by atoms with E-state index in [9.17, 15) is 14.4 Å². The van der Waals surface area contributed by atoms with Crippen LogP contribution in [-0.2, 0) is 9.59 Å². The highest BCUT2D eigenvalue weighted by molar-refractivity contribution is 9.10. The fourth-order valence-electron chi connectivity index (χ4n) is 2.49. The molecule has 0 aliphatic carbocycles. The van der Waals surface area contributed by atoms with Crippen molar-refractivity contribution < 1.29 is 19.1 Å². The summed E-state index contributed by atoms with van der Waals surface area (Å²) in [6.07, 6.45) is 0. The van der Waals surface area contributed by atoms with Gasteiger partial charge in [-0.2, -0.15) is 5.10 Å². The Balaban J connectivity index is 1.56. The van der Waals surface area contributed by atoms with Gasteiger partial charge in [0, 0.05) is 15.2 Å². The maximum Gasteiger partial charge on any atom is 0.343 e. The van der Waals surface area contributed by atoms with Crippen molar-refractivity contribution in [3.8, 4) is 5.75 Å². The van der Waals surface area contributed by atoms with E-state index in [2.05, 4.69) is 31.8 Å². The average Bonchev–Trinajstić information content (AvgIpc) is 2.79. The Labute approximate surface area is 197 Å². The predicted molar refractivity (Wildman–Crippen MR) is 126 cm³/mol. The molecule has 3 aromatic rings. The summed E-state index contributed by atoms with van der Waals surface area (Å²) in [5, 5.41) is 6.95. The third kappa shape index (κ3) is 6.50. The van der Waals surface area contributed by atoms with Crippen molar-refractivity contribution in [3.05, 3.63) is 93.4 Å². The number of carbonyl (C=O) groups excluding carboxylic acids is 3. The van der Waals surface area contributed by atoms with Gasteiger partial charge in [0.05, 0.1) is 11.3 Å². The summed E-state index contributed by atoms with van der Waals surface area (Å²) in [6.45, 7) is 1.67.